The van der Waals surface area contributed by atoms with Crippen molar-refractivity contribution in [2.75, 3.05) is 53.0 Å². The molecule has 25 heavy (non-hydrogen) atoms. The molecule has 2 aliphatic rings. The number of halogens is 1. The monoisotopic (exact) mass is 468 g/mol. The Hall–Kier alpha value is -0.120. The van der Waals surface area contributed by atoms with Crippen molar-refractivity contribution < 1.29 is 9.84 Å². The van der Waals surface area contributed by atoms with Gasteiger partial charge in [-0.05, 0) is 39.7 Å². The number of hydrogen-bond donors (Lipinski definition) is 3. The molecule has 0 aromatic carbocycles. The van der Waals surface area contributed by atoms with Crippen molar-refractivity contribution in [3.05, 3.63) is 0 Å². The minimum atomic E-state index is 0. The number of nitrogens with zero attached hydrogens (tertiary/aromatic N) is 2. The summed E-state index contributed by atoms with van der Waals surface area (Å²) in [5.74, 6) is 0.876. The smallest absolute Gasteiger partial charge is 0.191 e. The predicted octanol–water partition coefficient (Wildman–Crippen LogP) is 1.82. The lowest BCUT2D eigenvalue weighted by molar-refractivity contribution is 0.131. The zero-order valence-corrected chi connectivity index (χ0v) is 18.3. The number of likely N-dealkylation sites (N-methyl/N-ethyl adjacent to an activating group) is 1. The van der Waals surface area contributed by atoms with E-state index in [9.17, 15) is 5.11 Å². The summed E-state index contributed by atoms with van der Waals surface area (Å²) in [6.07, 6.45) is 7.19. The number of ether oxygens (including phenoxy) is 1. The van der Waals surface area contributed by atoms with Crippen molar-refractivity contribution in [1.29, 1.82) is 0 Å². The van der Waals surface area contributed by atoms with E-state index in [1.807, 2.05) is 0 Å². The van der Waals surface area contributed by atoms with Crippen LogP contribution in [0.25, 0.3) is 0 Å². The van der Waals surface area contributed by atoms with E-state index in [1.54, 1.807) is 0 Å². The third kappa shape index (κ3) is 7.56. The molecule has 1 unspecified atom stereocenters. The number of aliphatic imine (C=N–C) groups is 1. The standard InChI is InChI=1S/C18H36N4O2.HI/c1-3-19-17(20-10-11-22(2)16-6-4-5-7-16)21-14-18(8-12-23)9-13-24-15-18;/h16,23H,3-15H2,1-2H3,(H2,19,20,21);1H. The van der Waals surface area contributed by atoms with E-state index in [2.05, 4.69) is 29.5 Å². The summed E-state index contributed by atoms with van der Waals surface area (Å²) in [5.41, 5.74) is 0.0116. The fraction of sp³-hybridized carbons (Fsp3) is 0.944. The van der Waals surface area contributed by atoms with Crippen LogP contribution < -0.4 is 10.6 Å². The molecule has 6 nitrogen and oxygen atoms in total. The van der Waals surface area contributed by atoms with Gasteiger partial charge in [-0.1, -0.05) is 12.8 Å². The summed E-state index contributed by atoms with van der Waals surface area (Å²) >= 11 is 0. The third-order valence-corrected chi connectivity index (χ3v) is 5.45. The highest BCUT2D eigenvalue weighted by Crippen LogP contribution is 2.32. The number of aliphatic hydroxyl groups is 1. The molecule has 2 fully saturated rings. The fourth-order valence-electron chi connectivity index (χ4n) is 3.75. The minimum Gasteiger partial charge on any atom is -0.396 e. The van der Waals surface area contributed by atoms with Crippen LogP contribution in [0.3, 0.4) is 0 Å². The van der Waals surface area contributed by atoms with E-state index >= 15 is 0 Å². The van der Waals surface area contributed by atoms with Crippen LogP contribution in [0, 0.1) is 5.41 Å². The predicted molar refractivity (Wildman–Crippen MR) is 114 cm³/mol. The van der Waals surface area contributed by atoms with E-state index in [0.29, 0.717) is 13.2 Å². The van der Waals surface area contributed by atoms with Crippen LogP contribution in [0.4, 0.5) is 0 Å². The lowest BCUT2D eigenvalue weighted by Gasteiger charge is -2.26. The molecule has 0 bridgehead atoms. The number of nitrogens with one attached hydrogen (secondary N) is 2. The van der Waals surface area contributed by atoms with Crippen molar-refractivity contribution >= 4 is 29.9 Å². The van der Waals surface area contributed by atoms with Crippen LogP contribution in [-0.4, -0.2) is 75.1 Å². The summed E-state index contributed by atoms with van der Waals surface area (Å²) in [4.78, 5) is 7.24. The molecule has 1 aliphatic carbocycles. The van der Waals surface area contributed by atoms with Crippen LogP contribution in [-0.2, 0) is 4.74 Å². The van der Waals surface area contributed by atoms with E-state index in [0.717, 1.165) is 51.1 Å². The van der Waals surface area contributed by atoms with Crippen LogP contribution in [0.1, 0.15) is 45.4 Å². The zero-order valence-electron chi connectivity index (χ0n) is 15.9. The first kappa shape index (κ1) is 22.9. The topological polar surface area (TPSA) is 69.1 Å². The first-order chi connectivity index (χ1) is 11.7. The van der Waals surface area contributed by atoms with Crippen molar-refractivity contribution in [1.82, 2.24) is 15.5 Å². The molecule has 148 valence electrons. The quantitative estimate of drug-likeness (QED) is 0.274. The lowest BCUT2D eigenvalue weighted by Crippen LogP contribution is -2.43. The molecule has 1 heterocycles. The molecule has 0 radical (unpaired) electrons. The van der Waals surface area contributed by atoms with Crippen LogP contribution in [0.2, 0.25) is 0 Å². The van der Waals surface area contributed by atoms with Crippen molar-refractivity contribution in [2.45, 2.75) is 51.5 Å². The first-order valence-corrected chi connectivity index (χ1v) is 9.60. The van der Waals surface area contributed by atoms with Gasteiger partial charge in [0, 0.05) is 44.3 Å². The van der Waals surface area contributed by atoms with Gasteiger partial charge < -0.3 is 25.4 Å². The molecule has 0 aromatic rings. The Balaban J connectivity index is 0.00000312. The van der Waals surface area contributed by atoms with Crippen LogP contribution >= 0.6 is 24.0 Å². The van der Waals surface area contributed by atoms with Gasteiger partial charge in [0.05, 0.1) is 13.2 Å². The molecule has 2 rings (SSSR count). The summed E-state index contributed by atoms with van der Waals surface area (Å²) in [6, 6.07) is 0.759. The third-order valence-electron chi connectivity index (χ3n) is 5.45. The van der Waals surface area contributed by atoms with E-state index < -0.39 is 0 Å². The van der Waals surface area contributed by atoms with E-state index in [1.165, 1.54) is 25.7 Å². The maximum atomic E-state index is 9.33. The summed E-state index contributed by atoms with van der Waals surface area (Å²) in [5, 5.41) is 16.1. The Morgan fingerprint density at radius 3 is 2.68 bits per heavy atom. The number of rotatable bonds is 9. The van der Waals surface area contributed by atoms with Crippen LogP contribution in [0.5, 0.6) is 0 Å². The average Bonchev–Trinajstić information content (AvgIpc) is 3.25. The molecular weight excluding hydrogens is 431 g/mol. The first-order valence-electron chi connectivity index (χ1n) is 9.60. The highest BCUT2D eigenvalue weighted by Gasteiger charge is 2.34. The second-order valence-electron chi connectivity index (χ2n) is 7.32. The van der Waals surface area contributed by atoms with Gasteiger partial charge >= 0.3 is 0 Å². The molecule has 0 amide bonds. The molecule has 3 N–H and O–H groups in total. The van der Waals surface area contributed by atoms with Gasteiger partial charge in [-0.25, -0.2) is 0 Å². The minimum absolute atomic E-state index is 0. The van der Waals surface area contributed by atoms with Gasteiger partial charge in [0.2, 0.25) is 0 Å². The van der Waals surface area contributed by atoms with Gasteiger partial charge in [-0.15, -0.1) is 24.0 Å². The zero-order chi connectivity index (χ0) is 17.3. The van der Waals surface area contributed by atoms with Crippen molar-refractivity contribution in [2.24, 2.45) is 10.4 Å². The Labute approximate surface area is 170 Å². The molecule has 0 spiro atoms. The molecule has 1 saturated heterocycles. The molecule has 1 saturated carbocycles. The molecule has 1 atom stereocenters. The number of aliphatic hydroxyl groups excluding tert-OH is 1. The van der Waals surface area contributed by atoms with Crippen molar-refractivity contribution in [3.63, 3.8) is 0 Å². The van der Waals surface area contributed by atoms with Gasteiger partial charge in [-0.3, -0.25) is 4.99 Å². The highest BCUT2D eigenvalue weighted by molar-refractivity contribution is 14.0. The highest BCUT2D eigenvalue weighted by atomic mass is 127. The molecule has 7 heteroatoms. The van der Waals surface area contributed by atoms with Crippen molar-refractivity contribution in [3.8, 4) is 0 Å². The molecule has 0 aromatic heterocycles. The van der Waals surface area contributed by atoms with E-state index in [-0.39, 0.29) is 36.0 Å². The Morgan fingerprint density at radius 1 is 1.32 bits per heavy atom. The molecule has 1 aliphatic heterocycles. The number of guanidine groups is 1. The molecular formula is C18H37IN4O2. The largest absolute Gasteiger partial charge is 0.396 e. The van der Waals surface area contributed by atoms with Crippen LogP contribution in [0.15, 0.2) is 4.99 Å². The maximum Gasteiger partial charge on any atom is 0.191 e. The van der Waals surface area contributed by atoms with Gasteiger partial charge in [0.15, 0.2) is 5.96 Å². The fourth-order valence-corrected chi connectivity index (χ4v) is 3.75. The maximum absolute atomic E-state index is 9.33. The summed E-state index contributed by atoms with van der Waals surface area (Å²) in [7, 11) is 2.23. The Kier molecular flexibility index (Phi) is 11.3. The normalized spacial score (nSPS) is 24.6. The summed E-state index contributed by atoms with van der Waals surface area (Å²) < 4.78 is 5.55. The number of hydrogen-bond acceptors (Lipinski definition) is 4. The summed E-state index contributed by atoms with van der Waals surface area (Å²) in [6.45, 7) is 7.29. The van der Waals surface area contributed by atoms with E-state index in [4.69, 9.17) is 9.73 Å². The SMILES string of the molecule is CCNC(=NCC1(CCO)CCOC1)NCCN(C)C1CCCC1.I. The van der Waals surface area contributed by atoms with Gasteiger partial charge in [-0.2, -0.15) is 0 Å². The average molecular weight is 468 g/mol. The van der Waals surface area contributed by atoms with Gasteiger partial charge in [0.1, 0.15) is 0 Å². The lowest BCUT2D eigenvalue weighted by atomic mass is 9.84. The second-order valence-corrected chi connectivity index (χ2v) is 7.32. The Bertz CT molecular complexity index is 383. The second kappa shape index (κ2) is 12.3. The van der Waals surface area contributed by atoms with Gasteiger partial charge in [0.25, 0.3) is 0 Å². The Morgan fingerprint density at radius 2 is 2.08 bits per heavy atom.